The molecule has 1 saturated heterocycles. The Hall–Kier alpha value is -0.450. The fourth-order valence-electron chi connectivity index (χ4n) is 2.65. The molecule has 0 spiro atoms. The van der Waals surface area contributed by atoms with Crippen LogP contribution in [0.3, 0.4) is 0 Å². The van der Waals surface area contributed by atoms with Gasteiger partial charge in [-0.05, 0) is 50.1 Å². The number of aliphatic hydroxyl groups is 1. The molecule has 1 aliphatic rings. The first-order valence-electron chi connectivity index (χ1n) is 6.35. The van der Waals surface area contributed by atoms with E-state index >= 15 is 0 Å². The van der Waals surface area contributed by atoms with Gasteiger partial charge < -0.3 is 10.4 Å². The Morgan fingerprint density at radius 1 is 1.50 bits per heavy atom. The summed E-state index contributed by atoms with van der Waals surface area (Å²) in [6, 6.07) is 4.80. The van der Waals surface area contributed by atoms with Crippen LogP contribution in [0.4, 0.5) is 4.39 Å². The maximum atomic E-state index is 13.3. The molecule has 2 N–H and O–H groups in total. The average Bonchev–Trinajstić information content (AvgIpc) is 2.28. The molecule has 0 radical (unpaired) electrons. The Kier molecular flexibility index (Phi) is 4.41. The third-order valence-electron chi connectivity index (χ3n) is 3.66. The van der Waals surface area contributed by atoms with E-state index in [-0.39, 0.29) is 11.7 Å². The molecule has 1 aromatic rings. The largest absolute Gasteiger partial charge is 0.389 e. The summed E-state index contributed by atoms with van der Waals surface area (Å²) in [4.78, 5) is 0. The van der Waals surface area contributed by atoms with Crippen LogP contribution in [0.25, 0.3) is 0 Å². The molecule has 1 heterocycles. The minimum Gasteiger partial charge on any atom is -0.389 e. The van der Waals surface area contributed by atoms with Gasteiger partial charge in [-0.1, -0.05) is 15.9 Å². The molecule has 0 saturated carbocycles. The first-order valence-corrected chi connectivity index (χ1v) is 7.15. The normalized spacial score (nSPS) is 23.7. The van der Waals surface area contributed by atoms with E-state index in [2.05, 4.69) is 21.2 Å². The number of hydrogen-bond donors (Lipinski definition) is 2. The van der Waals surface area contributed by atoms with Gasteiger partial charge >= 0.3 is 0 Å². The third kappa shape index (κ3) is 3.53. The van der Waals surface area contributed by atoms with Gasteiger partial charge in [0.15, 0.2) is 0 Å². The predicted molar refractivity (Wildman–Crippen MR) is 74.0 cm³/mol. The smallest absolute Gasteiger partial charge is 0.124 e. The summed E-state index contributed by atoms with van der Waals surface area (Å²) in [5, 5.41) is 13.9. The van der Waals surface area contributed by atoms with E-state index in [1.54, 1.807) is 0 Å². The minimum atomic E-state index is -0.791. The quantitative estimate of drug-likeness (QED) is 0.899. The van der Waals surface area contributed by atoms with Crippen LogP contribution in [0.5, 0.6) is 0 Å². The van der Waals surface area contributed by atoms with Crippen molar-refractivity contribution < 1.29 is 9.50 Å². The standard InChI is InChI=1S/C14H19BrFNO/c1-14(18,11-3-2-4-17-9-11)8-10-5-12(15)7-13(16)6-10/h5-7,11,17-18H,2-4,8-9H2,1H3. The number of nitrogens with one attached hydrogen (secondary N) is 1. The van der Waals surface area contributed by atoms with Gasteiger partial charge in [0.05, 0.1) is 5.60 Å². The van der Waals surface area contributed by atoms with Gasteiger partial charge in [-0.2, -0.15) is 0 Å². The Labute approximate surface area is 116 Å². The van der Waals surface area contributed by atoms with Crippen LogP contribution in [0, 0.1) is 11.7 Å². The van der Waals surface area contributed by atoms with Crippen molar-refractivity contribution in [3.8, 4) is 0 Å². The number of piperidine rings is 1. The molecule has 2 rings (SSSR count). The molecule has 100 valence electrons. The van der Waals surface area contributed by atoms with Crippen molar-refractivity contribution in [2.75, 3.05) is 13.1 Å². The zero-order chi connectivity index (χ0) is 13.2. The van der Waals surface area contributed by atoms with Gasteiger partial charge in [0.2, 0.25) is 0 Å². The molecular weight excluding hydrogens is 297 g/mol. The highest BCUT2D eigenvalue weighted by molar-refractivity contribution is 9.10. The molecule has 0 amide bonds. The summed E-state index contributed by atoms with van der Waals surface area (Å²) in [6.07, 6.45) is 2.60. The zero-order valence-corrected chi connectivity index (χ0v) is 12.1. The number of benzene rings is 1. The average molecular weight is 316 g/mol. The van der Waals surface area contributed by atoms with Gasteiger partial charge in [0.1, 0.15) is 5.82 Å². The number of rotatable bonds is 3. The summed E-state index contributed by atoms with van der Waals surface area (Å²) in [6.45, 7) is 3.71. The van der Waals surface area contributed by atoms with E-state index in [0.717, 1.165) is 36.0 Å². The highest BCUT2D eigenvalue weighted by Crippen LogP contribution is 2.28. The van der Waals surface area contributed by atoms with Crippen molar-refractivity contribution >= 4 is 15.9 Å². The minimum absolute atomic E-state index is 0.230. The van der Waals surface area contributed by atoms with Gasteiger partial charge in [-0.3, -0.25) is 0 Å². The first-order chi connectivity index (χ1) is 8.47. The van der Waals surface area contributed by atoms with Crippen molar-refractivity contribution in [1.29, 1.82) is 0 Å². The lowest BCUT2D eigenvalue weighted by molar-refractivity contribution is -0.0102. The lowest BCUT2D eigenvalue weighted by Crippen LogP contribution is -2.45. The lowest BCUT2D eigenvalue weighted by atomic mass is 9.79. The van der Waals surface area contributed by atoms with Crippen LogP contribution in [0.15, 0.2) is 22.7 Å². The molecule has 0 aromatic heterocycles. The molecule has 1 aromatic carbocycles. The van der Waals surface area contributed by atoms with Crippen LogP contribution < -0.4 is 5.32 Å². The molecule has 18 heavy (non-hydrogen) atoms. The van der Waals surface area contributed by atoms with Gasteiger partial charge in [0.25, 0.3) is 0 Å². The Bertz CT molecular complexity index is 396. The second-order valence-corrected chi connectivity index (χ2v) is 6.27. The predicted octanol–water partition coefficient (Wildman–Crippen LogP) is 2.88. The number of halogens is 2. The summed E-state index contributed by atoms with van der Waals surface area (Å²) < 4.78 is 14.0. The number of hydrogen-bond acceptors (Lipinski definition) is 2. The van der Waals surface area contributed by atoms with E-state index in [4.69, 9.17) is 0 Å². The van der Waals surface area contributed by atoms with Crippen LogP contribution in [0.2, 0.25) is 0 Å². The van der Waals surface area contributed by atoms with Gasteiger partial charge in [-0.25, -0.2) is 4.39 Å². The molecule has 1 fully saturated rings. The van der Waals surface area contributed by atoms with E-state index in [9.17, 15) is 9.50 Å². The summed E-state index contributed by atoms with van der Waals surface area (Å²) in [7, 11) is 0. The summed E-state index contributed by atoms with van der Waals surface area (Å²) in [5.74, 6) is -0.0368. The van der Waals surface area contributed by atoms with Crippen LogP contribution in [-0.4, -0.2) is 23.8 Å². The molecule has 1 aliphatic heterocycles. The molecule has 2 atom stereocenters. The highest BCUT2D eigenvalue weighted by Gasteiger charge is 2.33. The molecule has 0 bridgehead atoms. The van der Waals surface area contributed by atoms with Crippen molar-refractivity contribution in [2.45, 2.75) is 31.8 Å². The Balaban J connectivity index is 2.10. The summed E-state index contributed by atoms with van der Waals surface area (Å²) >= 11 is 3.28. The monoisotopic (exact) mass is 315 g/mol. The summed E-state index contributed by atoms with van der Waals surface area (Å²) in [5.41, 5.74) is 0.0400. The van der Waals surface area contributed by atoms with Crippen molar-refractivity contribution in [2.24, 2.45) is 5.92 Å². The van der Waals surface area contributed by atoms with Crippen LogP contribution in [-0.2, 0) is 6.42 Å². The van der Waals surface area contributed by atoms with E-state index in [1.165, 1.54) is 12.1 Å². The first kappa shape index (κ1) is 14.0. The van der Waals surface area contributed by atoms with Gasteiger partial charge in [0, 0.05) is 23.4 Å². The molecule has 0 aliphatic carbocycles. The molecule has 2 unspecified atom stereocenters. The van der Waals surface area contributed by atoms with E-state index in [1.807, 2.05) is 13.0 Å². The fourth-order valence-corrected chi connectivity index (χ4v) is 3.17. The fraction of sp³-hybridized carbons (Fsp3) is 0.571. The molecular formula is C14H19BrFNO. The lowest BCUT2D eigenvalue weighted by Gasteiger charge is -2.36. The molecule has 4 heteroatoms. The van der Waals surface area contributed by atoms with Crippen molar-refractivity contribution in [3.63, 3.8) is 0 Å². The molecule has 2 nitrogen and oxygen atoms in total. The second-order valence-electron chi connectivity index (χ2n) is 5.35. The van der Waals surface area contributed by atoms with Crippen LogP contribution in [0.1, 0.15) is 25.3 Å². The van der Waals surface area contributed by atoms with E-state index < -0.39 is 5.60 Å². The van der Waals surface area contributed by atoms with Crippen molar-refractivity contribution in [1.82, 2.24) is 5.32 Å². The highest BCUT2D eigenvalue weighted by atomic mass is 79.9. The SMILES string of the molecule is CC(O)(Cc1cc(F)cc(Br)c1)C1CCCNC1. The maximum Gasteiger partial charge on any atom is 0.124 e. The maximum absolute atomic E-state index is 13.3. The second kappa shape index (κ2) is 5.68. The van der Waals surface area contributed by atoms with Crippen LogP contribution >= 0.6 is 15.9 Å². The topological polar surface area (TPSA) is 32.3 Å². The Morgan fingerprint density at radius 2 is 2.28 bits per heavy atom. The zero-order valence-electron chi connectivity index (χ0n) is 10.5. The van der Waals surface area contributed by atoms with Gasteiger partial charge in [-0.15, -0.1) is 0 Å². The Morgan fingerprint density at radius 3 is 2.89 bits per heavy atom. The van der Waals surface area contributed by atoms with E-state index in [0.29, 0.717) is 6.42 Å². The van der Waals surface area contributed by atoms with Crippen molar-refractivity contribution in [3.05, 3.63) is 34.1 Å². The third-order valence-corrected chi connectivity index (χ3v) is 4.12.